The van der Waals surface area contributed by atoms with Crippen molar-refractivity contribution in [2.75, 3.05) is 7.11 Å². The summed E-state index contributed by atoms with van der Waals surface area (Å²) in [5.41, 5.74) is 0. The second kappa shape index (κ2) is 6.42. The number of esters is 1. The first kappa shape index (κ1) is 13.7. The summed E-state index contributed by atoms with van der Waals surface area (Å²) in [7, 11) is 1.27. The second-order valence-electron chi connectivity index (χ2n) is 3.23. The summed E-state index contributed by atoms with van der Waals surface area (Å²) < 4.78 is 5.15. The molecule has 1 unspecified atom stereocenters. The second-order valence-corrected chi connectivity index (χ2v) is 4.98. The molecule has 0 fully saturated rings. The third-order valence-electron chi connectivity index (χ3n) is 1.91. The summed E-state index contributed by atoms with van der Waals surface area (Å²) in [4.78, 5) is 23.3. The van der Waals surface area contributed by atoms with Crippen LogP contribution >= 0.6 is 22.9 Å². The normalized spacial score (nSPS) is 12.4. The van der Waals surface area contributed by atoms with Crippen molar-refractivity contribution < 1.29 is 14.3 Å². The predicted octanol–water partition coefficient (Wildman–Crippen LogP) is 2.09. The molecule has 1 atom stereocenters. The van der Waals surface area contributed by atoms with E-state index in [-0.39, 0.29) is 5.91 Å². The third-order valence-corrected chi connectivity index (χ3v) is 3.10. The van der Waals surface area contributed by atoms with Gasteiger partial charge in [-0.15, -0.1) is 11.3 Å². The zero-order chi connectivity index (χ0) is 12.8. The monoisotopic (exact) mass is 273 g/mol. The van der Waals surface area contributed by atoms with Crippen molar-refractivity contribution in [1.29, 1.82) is 0 Å². The van der Waals surface area contributed by atoms with Crippen LogP contribution in [0.25, 0.3) is 6.08 Å². The predicted molar refractivity (Wildman–Crippen MR) is 68.0 cm³/mol. The lowest BCUT2D eigenvalue weighted by Crippen LogP contribution is -2.38. The third kappa shape index (κ3) is 4.58. The smallest absolute Gasteiger partial charge is 0.328 e. The average Bonchev–Trinajstić information content (AvgIpc) is 2.71. The number of nitrogens with one attached hydrogen (secondary N) is 1. The van der Waals surface area contributed by atoms with Crippen LogP contribution in [-0.4, -0.2) is 25.0 Å². The maximum Gasteiger partial charge on any atom is 0.328 e. The lowest BCUT2D eigenvalue weighted by Gasteiger charge is -2.08. The van der Waals surface area contributed by atoms with E-state index in [1.807, 2.05) is 0 Å². The van der Waals surface area contributed by atoms with Crippen LogP contribution in [0.5, 0.6) is 0 Å². The molecule has 6 heteroatoms. The molecule has 0 saturated carbocycles. The Morgan fingerprint density at radius 3 is 2.76 bits per heavy atom. The Morgan fingerprint density at radius 1 is 1.53 bits per heavy atom. The topological polar surface area (TPSA) is 55.4 Å². The number of amides is 1. The van der Waals surface area contributed by atoms with Crippen LogP contribution in [0.1, 0.15) is 11.8 Å². The fourth-order valence-electron chi connectivity index (χ4n) is 1.07. The first-order valence-electron chi connectivity index (χ1n) is 4.84. The van der Waals surface area contributed by atoms with Crippen LogP contribution in [0.3, 0.4) is 0 Å². The molecule has 4 nitrogen and oxygen atoms in total. The fourth-order valence-corrected chi connectivity index (χ4v) is 2.04. The molecule has 1 heterocycles. The van der Waals surface area contributed by atoms with Gasteiger partial charge in [-0.25, -0.2) is 4.79 Å². The molecule has 0 bridgehead atoms. The molecule has 0 aliphatic heterocycles. The molecule has 1 N–H and O–H groups in total. The number of rotatable bonds is 4. The highest BCUT2D eigenvalue weighted by Gasteiger charge is 2.13. The zero-order valence-electron chi connectivity index (χ0n) is 9.40. The Kier molecular flexibility index (Phi) is 5.18. The van der Waals surface area contributed by atoms with Crippen LogP contribution in [-0.2, 0) is 14.3 Å². The van der Waals surface area contributed by atoms with Crippen molar-refractivity contribution in [1.82, 2.24) is 5.32 Å². The highest BCUT2D eigenvalue weighted by atomic mass is 35.5. The number of halogens is 1. The van der Waals surface area contributed by atoms with Gasteiger partial charge >= 0.3 is 5.97 Å². The van der Waals surface area contributed by atoms with Crippen molar-refractivity contribution in [3.05, 3.63) is 27.4 Å². The average molecular weight is 274 g/mol. The number of carbonyl (C=O) groups is 2. The van der Waals surface area contributed by atoms with Crippen molar-refractivity contribution in [3.63, 3.8) is 0 Å². The summed E-state index contributed by atoms with van der Waals surface area (Å²) in [6.07, 6.45) is 2.98. The molecule has 0 radical (unpaired) electrons. The van der Waals surface area contributed by atoms with E-state index in [1.54, 1.807) is 25.1 Å². The van der Waals surface area contributed by atoms with Crippen LogP contribution in [0.15, 0.2) is 18.2 Å². The Balaban J connectivity index is 2.50. The lowest BCUT2D eigenvalue weighted by molar-refractivity contribution is -0.144. The van der Waals surface area contributed by atoms with Crippen molar-refractivity contribution in [2.24, 2.45) is 0 Å². The van der Waals surface area contributed by atoms with Crippen molar-refractivity contribution in [3.8, 4) is 0 Å². The van der Waals surface area contributed by atoms with Gasteiger partial charge in [-0.05, 0) is 25.1 Å². The van der Waals surface area contributed by atoms with Crippen molar-refractivity contribution in [2.45, 2.75) is 13.0 Å². The van der Waals surface area contributed by atoms with Crippen LogP contribution in [0.2, 0.25) is 4.34 Å². The summed E-state index contributed by atoms with van der Waals surface area (Å²) in [5.74, 6) is -0.835. The Labute approximate surface area is 108 Å². The van der Waals surface area contributed by atoms with Crippen LogP contribution < -0.4 is 5.32 Å². The summed E-state index contributed by atoms with van der Waals surface area (Å²) in [6.45, 7) is 1.56. The minimum Gasteiger partial charge on any atom is -0.467 e. The Bertz CT molecular complexity index is 442. The molecule has 0 spiro atoms. The number of thiophene rings is 1. The molecule has 1 aromatic heterocycles. The first-order chi connectivity index (χ1) is 8.02. The largest absolute Gasteiger partial charge is 0.467 e. The molecule has 0 saturated heterocycles. The molecule has 0 aliphatic rings. The molecule has 1 rings (SSSR count). The highest BCUT2D eigenvalue weighted by Crippen LogP contribution is 2.22. The molecular weight excluding hydrogens is 262 g/mol. The van der Waals surface area contributed by atoms with Gasteiger partial charge in [0.15, 0.2) is 0 Å². The van der Waals surface area contributed by atoms with Gasteiger partial charge in [-0.2, -0.15) is 0 Å². The minimum absolute atomic E-state index is 0.354. The summed E-state index contributed by atoms with van der Waals surface area (Å²) >= 11 is 7.11. The fraction of sp³-hybridized carbons (Fsp3) is 0.273. The molecular formula is C11H12ClNO3S. The van der Waals surface area contributed by atoms with E-state index in [0.717, 1.165) is 4.88 Å². The molecule has 0 aliphatic carbocycles. The number of hydrogen-bond donors (Lipinski definition) is 1. The molecule has 92 valence electrons. The number of methoxy groups -OCH3 is 1. The van der Waals surface area contributed by atoms with E-state index in [4.69, 9.17) is 11.6 Å². The van der Waals surface area contributed by atoms with Gasteiger partial charge in [-0.1, -0.05) is 11.6 Å². The standard InChI is InChI=1S/C11H12ClNO3S/c1-7(11(15)16-2)13-10(14)6-4-8-3-5-9(12)17-8/h3-7H,1-2H3,(H,13,14). The number of ether oxygens (including phenoxy) is 1. The van der Waals surface area contributed by atoms with Gasteiger partial charge in [0.25, 0.3) is 0 Å². The number of carbonyl (C=O) groups excluding carboxylic acids is 2. The maximum atomic E-state index is 11.4. The van der Waals surface area contributed by atoms with Gasteiger partial charge < -0.3 is 10.1 Å². The molecule has 1 amide bonds. The first-order valence-corrected chi connectivity index (χ1v) is 6.04. The van der Waals surface area contributed by atoms with E-state index >= 15 is 0 Å². The van der Waals surface area contributed by atoms with E-state index < -0.39 is 12.0 Å². The van der Waals surface area contributed by atoms with E-state index in [1.165, 1.54) is 24.5 Å². The van der Waals surface area contributed by atoms with E-state index in [9.17, 15) is 9.59 Å². The van der Waals surface area contributed by atoms with Gasteiger partial charge in [-0.3, -0.25) is 4.79 Å². The van der Waals surface area contributed by atoms with Crippen LogP contribution in [0, 0.1) is 0 Å². The Hall–Kier alpha value is -1.33. The minimum atomic E-state index is -0.663. The quantitative estimate of drug-likeness (QED) is 0.675. The van der Waals surface area contributed by atoms with Crippen molar-refractivity contribution >= 4 is 40.9 Å². The zero-order valence-corrected chi connectivity index (χ0v) is 11.0. The summed E-state index contributed by atoms with van der Waals surface area (Å²) in [5, 5.41) is 2.48. The van der Waals surface area contributed by atoms with Gasteiger partial charge in [0, 0.05) is 11.0 Å². The maximum absolute atomic E-state index is 11.4. The lowest BCUT2D eigenvalue weighted by atomic mass is 10.3. The number of hydrogen-bond acceptors (Lipinski definition) is 4. The van der Waals surface area contributed by atoms with Gasteiger partial charge in [0.2, 0.25) is 5.91 Å². The van der Waals surface area contributed by atoms with E-state index in [2.05, 4.69) is 10.1 Å². The SMILES string of the molecule is COC(=O)C(C)NC(=O)C=Cc1ccc(Cl)s1. The molecule has 17 heavy (non-hydrogen) atoms. The van der Waals surface area contributed by atoms with Gasteiger partial charge in [0.05, 0.1) is 11.4 Å². The van der Waals surface area contributed by atoms with Gasteiger partial charge in [0.1, 0.15) is 6.04 Å². The van der Waals surface area contributed by atoms with E-state index in [0.29, 0.717) is 4.34 Å². The highest BCUT2D eigenvalue weighted by molar-refractivity contribution is 7.17. The summed E-state index contributed by atoms with van der Waals surface area (Å²) in [6, 6.07) is 2.89. The Morgan fingerprint density at radius 2 is 2.24 bits per heavy atom. The molecule has 0 aromatic carbocycles. The molecule has 1 aromatic rings. The van der Waals surface area contributed by atoms with Crippen LogP contribution in [0.4, 0.5) is 0 Å².